The van der Waals surface area contributed by atoms with Crippen LogP contribution in [0.2, 0.25) is 10.0 Å². The number of benzene rings is 1. The molecule has 1 aliphatic rings. The van der Waals surface area contributed by atoms with Gasteiger partial charge in [-0.3, -0.25) is 4.90 Å². The highest BCUT2D eigenvalue weighted by Crippen LogP contribution is 2.29. The highest BCUT2D eigenvalue weighted by Gasteiger charge is 2.14. The van der Waals surface area contributed by atoms with Crippen molar-refractivity contribution in [3.8, 4) is 0 Å². The Morgan fingerprint density at radius 3 is 2.18 bits per heavy atom. The zero-order valence-electron chi connectivity index (χ0n) is 9.92. The first-order valence-electron chi connectivity index (χ1n) is 5.70. The molecule has 94 valence electrons. The zero-order chi connectivity index (χ0) is 12.4. The van der Waals surface area contributed by atoms with E-state index in [0.29, 0.717) is 15.7 Å². The van der Waals surface area contributed by atoms with Crippen LogP contribution in [0, 0.1) is 0 Å². The van der Waals surface area contributed by atoms with Gasteiger partial charge in [-0.15, -0.1) is 0 Å². The number of halogens is 2. The van der Waals surface area contributed by atoms with Crippen LogP contribution >= 0.6 is 23.2 Å². The second-order valence-electron chi connectivity index (χ2n) is 4.55. The van der Waals surface area contributed by atoms with Gasteiger partial charge < -0.3 is 10.6 Å². The van der Waals surface area contributed by atoms with Gasteiger partial charge >= 0.3 is 0 Å². The van der Waals surface area contributed by atoms with E-state index >= 15 is 0 Å². The molecule has 0 aromatic heterocycles. The Bertz CT molecular complexity index is 378. The lowest BCUT2D eigenvalue weighted by atomic mass is 10.2. The summed E-state index contributed by atoms with van der Waals surface area (Å²) < 4.78 is 0. The summed E-state index contributed by atoms with van der Waals surface area (Å²) in [7, 11) is 2.15. The molecule has 0 aliphatic carbocycles. The smallest absolute Gasteiger partial charge is 0.0693 e. The van der Waals surface area contributed by atoms with Crippen molar-refractivity contribution in [2.75, 3.05) is 39.0 Å². The van der Waals surface area contributed by atoms with E-state index < -0.39 is 0 Å². The predicted molar refractivity (Wildman–Crippen MR) is 73.6 cm³/mol. The number of nitrogens with zero attached hydrogens (tertiary/aromatic N) is 2. The van der Waals surface area contributed by atoms with E-state index in [-0.39, 0.29) is 0 Å². The molecule has 2 rings (SSSR count). The summed E-state index contributed by atoms with van der Waals surface area (Å²) in [5.74, 6) is 0. The number of hydrogen-bond donors (Lipinski definition) is 1. The van der Waals surface area contributed by atoms with Crippen molar-refractivity contribution in [1.29, 1.82) is 0 Å². The van der Waals surface area contributed by atoms with Crippen molar-refractivity contribution in [3.63, 3.8) is 0 Å². The Morgan fingerprint density at radius 1 is 1.12 bits per heavy atom. The Labute approximate surface area is 112 Å². The van der Waals surface area contributed by atoms with E-state index in [1.807, 2.05) is 12.1 Å². The molecule has 1 heterocycles. The quantitative estimate of drug-likeness (QED) is 0.840. The largest absolute Gasteiger partial charge is 0.396 e. The van der Waals surface area contributed by atoms with Crippen molar-refractivity contribution in [1.82, 2.24) is 9.80 Å². The second kappa shape index (κ2) is 5.44. The molecule has 0 radical (unpaired) electrons. The molecule has 0 saturated carbocycles. The summed E-state index contributed by atoms with van der Waals surface area (Å²) in [6, 6.07) is 3.81. The van der Waals surface area contributed by atoms with Crippen molar-refractivity contribution >= 4 is 28.9 Å². The monoisotopic (exact) mass is 273 g/mol. The van der Waals surface area contributed by atoms with Crippen LogP contribution < -0.4 is 5.73 Å². The summed E-state index contributed by atoms with van der Waals surface area (Å²) in [6.45, 7) is 5.26. The average molecular weight is 274 g/mol. The number of piperazine rings is 1. The lowest BCUT2D eigenvalue weighted by Gasteiger charge is -2.32. The van der Waals surface area contributed by atoms with E-state index in [4.69, 9.17) is 28.9 Å². The lowest BCUT2D eigenvalue weighted by molar-refractivity contribution is 0.148. The Hall–Kier alpha value is -0.480. The van der Waals surface area contributed by atoms with Gasteiger partial charge in [0.15, 0.2) is 0 Å². The third-order valence-corrected chi connectivity index (χ3v) is 3.77. The van der Waals surface area contributed by atoms with Gasteiger partial charge in [0.2, 0.25) is 0 Å². The topological polar surface area (TPSA) is 32.5 Å². The molecule has 1 aliphatic heterocycles. The van der Waals surface area contributed by atoms with Gasteiger partial charge in [0, 0.05) is 32.7 Å². The number of hydrogen-bond acceptors (Lipinski definition) is 3. The van der Waals surface area contributed by atoms with Gasteiger partial charge in [0.1, 0.15) is 0 Å². The lowest BCUT2D eigenvalue weighted by Crippen LogP contribution is -2.43. The normalized spacial score (nSPS) is 18.5. The zero-order valence-corrected chi connectivity index (χ0v) is 11.4. The molecule has 0 amide bonds. The number of likely N-dealkylation sites (N-methyl/N-ethyl adjacent to an activating group) is 1. The molecule has 0 bridgehead atoms. The molecular formula is C12H17Cl2N3. The third kappa shape index (κ3) is 3.26. The fraction of sp³-hybridized carbons (Fsp3) is 0.500. The Balaban J connectivity index is 2.04. The molecule has 2 N–H and O–H groups in total. The molecule has 1 saturated heterocycles. The summed E-state index contributed by atoms with van der Waals surface area (Å²) >= 11 is 12.0. The van der Waals surface area contributed by atoms with Crippen LogP contribution in [0.15, 0.2) is 12.1 Å². The molecule has 1 fully saturated rings. The van der Waals surface area contributed by atoms with Crippen LogP contribution in [-0.4, -0.2) is 43.0 Å². The third-order valence-electron chi connectivity index (χ3n) is 3.14. The summed E-state index contributed by atoms with van der Waals surface area (Å²) in [4.78, 5) is 4.73. The first kappa shape index (κ1) is 13.0. The molecule has 0 atom stereocenters. The SMILES string of the molecule is CN1CCN(Cc2cc(Cl)c(N)c(Cl)c2)CC1. The number of rotatable bonds is 2. The molecule has 5 heteroatoms. The van der Waals surface area contributed by atoms with Crippen LogP contribution in [0.1, 0.15) is 5.56 Å². The maximum Gasteiger partial charge on any atom is 0.0693 e. The number of nitrogens with two attached hydrogens (primary N) is 1. The van der Waals surface area contributed by atoms with Crippen LogP contribution in [0.25, 0.3) is 0 Å². The molecule has 1 aromatic carbocycles. The van der Waals surface area contributed by atoms with Crippen molar-refractivity contribution in [2.45, 2.75) is 6.54 Å². The number of anilines is 1. The van der Waals surface area contributed by atoms with Gasteiger partial charge in [-0.05, 0) is 24.7 Å². The molecule has 0 spiro atoms. The van der Waals surface area contributed by atoms with E-state index in [1.165, 1.54) is 0 Å². The van der Waals surface area contributed by atoms with Crippen LogP contribution in [-0.2, 0) is 6.54 Å². The first-order valence-corrected chi connectivity index (χ1v) is 6.46. The highest BCUT2D eigenvalue weighted by atomic mass is 35.5. The van der Waals surface area contributed by atoms with Crippen molar-refractivity contribution in [2.24, 2.45) is 0 Å². The van der Waals surface area contributed by atoms with Crippen LogP contribution in [0.3, 0.4) is 0 Å². The van der Waals surface area contributed by atoms with E-state index in [2.05, 4.69) is 16.8 Å². The van der Waals surface area contributed by atoms with Crippen molar-refractivity contribution < 1.29 is 0 Å². The van der Waals surface area contributed by atoms with E-state index in [0.717, 1.165) is 38.3 Å². The standard InChI is InChI=1S/C12H17Cl2N3/c1-16-2-4-17(5-3-16)8-9-6-10(13)12(15)11(14)7-9/h6-7H,2-5,8,15H2,1H3. The van der Waals surface area contributed by atoms with E-state index in [1.54, 1.807) is 0 Å². The minimum atomic E-state index is 0.468. The van der Waals surface area contributed by atoms with Gasteiger partial charge in [-0.1, -0.05) is 23.2 Å². The highest BCUT2D eigenvalue weighted by molar-refractivity contribution is 6.38. The summed E-state index contributed by atoms with van der Waals surface area (Å²) in [5.41, 5.74) is 7.31. The fourth-order valence-electron chi connectivity index (χ4n) is 1.99. The van der Waals surface area contributed by atoms with Crippen molar-refractivity contribution in [3.05, 3.63) is 27.7 Å². The predicted octanol–water partition coefficient (Wildman–Crippen LogP) is 2.32. The van der Waals surface area contributed by atoms with Gasteiger partial charge in [-0.25, -0.2) is 0 Å². The van der Waals surface area contributed by atoms with Crippen LogP contribution in [0.4, 0.5) is 5.69 Å². The molecule has 1 aromatic rings. The number of nitrogen functional groups attached to an aromatic ring is 1. The molecule has 17 heavy (non-hydrogen) atoms. The van der Waals surface area contributed by atoms with Gasteiger partial charge in [-0.2, -0.15) is 0 Å². The van der Waals surface area contributed by atoms with Gasteiger partial charge in [0.05, 0.1) is 15.7 Å². The first-order chi connectivity index (χ1) is 8.06. The average Bonchev–Trinajstić information content (AvgIpc) is 2.29. The minimum absolute atomic E-state index is 0.468. The molecule has 3 nitrogen and oxygen atoms in total. The summed E-state index contributed by atoms with van der Waals surface area (Å²) in [5, 5.41) is 1.09. The van der Waals surface area contributed by atoms with Crippen LogP contribution in [0.5, 0.6) is 0 Å². The molecule has 0 unspecified atom stereocenters. The maximum atomic E-state index is 6.02. The Kier molecular flexibility index (Phi) is 4.15. The van der Waals surface area contributed by atoms with E-state index in [9.17, 15) is 0 Å². The summed E-state index contributed by atoms with van der Waals surface area (Å²) in [6.07, 6.45) is 0. The fourth-order valence-corrected chi connectivity index (χ4v) is 2.52. The molecular weight excluding hydrogens is 257 g/mol. The van der Waals surface area contributed by atoms with Gasteiger partial charge in [0.25, 0.3) is 0 Å². The second-order valence-corrected chi connectivity index (χ2v) is 5.37. The maximum absolute atomic E-state index is 6.02. The minimum Gasteiger partial charge on any atom is -0.396 e. The Morgan fingerprint density at radius 2 is 1.65 bits per heavy atom.